The monoisotopic (exact) mass is 497 g/mol. The summed E-state index contributed by atoms with van der Waals surface area (Å²) < 4.78 is 16.0. The predicted octanol–water partition coefficient (Wildman–Crippen LogP) is 4.63. The van der Waals surface area contributed by atoms with Crippen molar-refractivity contribution in [3.8, 4) is 0 Å². The molecule has 4 aromatic heterocycles. The summed E-state index contributed by atoms with van der Waals surface area (Å²) in [5.41, 5.74) is 2.20. The van der Waals surface area contributed by atoms with Crippen LogP contribution in [0, 0.1) is 12.7 Å². The van der Waals surface area contributed by atoms with Gasteiger partial charge in [-0.3, -0.25) is 0 Å². The zero-order valence-corrected chi connectivity index (χ0v) is 21.7. The molecule has 10 heteroatoms. The minimum Gasteiger partial charge on any atom is -0.367 e. The van der Waals surface area contributed by atoms with Gasteiger partial charge >= 0.3 is 0 Å². The fourth-order valence-corrected chi connectivity index (χ4v) is 6.21. The topological polar surface area (TPSA) is 90.6 Å². The maximum atomic E-state index is 14.4. The first-order valence-electron chi connectivity index (χ1n) is 11.8. The van der Waals surface area contributed by atoms with Crippen molar-refractivity contribution in [3.05, 3.63) is 47.1 Å². The van der Waals surface area contributed by atoms with Crippen LogP contribution in [0.15, 0.2) is 30.6 Å². The van der Waals surface area contributed by atoms with Crippen molar-refractivity contribution in [2.24, 2.45) is 0 Å². The summed E-state index contributed by atoms with van der Waals surface area (Å²) in [6.45, 7) is 10.8. The number of nitrogens with one attached hydrogen (secondary N) is 2. The highest BCUT2D eigenvalue weighted by atomic mass is 32.1. The molecule has 1 fully saturated rings. The van der Waals surface area contributed by atoms with Gasteiger partial charge in [-0.15, -0.1) is 0 Å². The summed E-state index contributed by atoms with van der Waals surface area (Å²) in [7, 11) is 2.09. The van der Waals surface area contributed by atoms with Gasteiger partial charge in [0.2, 0.25) is 0 Å². The van der Waals surface area contributed by atoms with Crippen LogP contribution in [0.5, 0.6) is 0 Å². The first kappa shape index (κ1) is 23.9. The Hall–Kier alpha value is -2.82. The summed E-state index contributed by atoms with van der Waals surface area (Å²) in [4.78, 5) is 16.6. The first-order valence-corrected chi connectivity index (χ1v) is 12.6. The molecule has 1 saturated heterocycles. The molecular formula is C25H32FN7OS. The largest absolute Gasteiger partial charge is 0.367 e. The number of nitrogens with zero attached hydrogens (tertiary/aromatic N) is 5. The van der Waals surface area contributed by atoms with E-state index < -0.39 is 12.0 Å². The number of rotatable bonds is 5. The Morgan fingerprint density at radius 1 is 1.17 bits per heavy atom. The minimum atomic E-state index is -1.09. The molecule has 8 nitrogen and oxygen atoms in total. The molecule has 1 unspecified atom stereocenters. The molecule has 0 aromatic carbocycles. The lowest BCUT2D eigenvalue weighted by Gasteiger charge is -2.49. The lowest BCUT2D eigenvalue weighted by atomic mass is 9.79. The van der Waals surface area contributed by atoms with Gasteiger partial charge in [-0.1, -0.05) is 11.3 Å². The highest BCUT2D eigenvalue weighted by Crippen LogP contribution is 2.34. The van der Waals surface area contributed by atoms with Crippen LogP contribution in [0.2, 0.25) is 0 Å². The normalized spacial score (nSPS) is 18.7. The zero-order chi connectivity index (χ0) is 25.1. The summed E-state index contributed by atoms with van der Waals surface area (Å²) in [6.07, 6.45) is 4.37. The van der Waals surface area contributed by atoms with Gasteiger partial charge < -0.3 is 25.0 Å². The molecule has 1 atom stereocenters. The van der Waals surface area contributed by atoms with Crippen LogP contribution in [0.25, 0.3) is 16.0 Å². The van der Waals surface area contributed by atoms with E-state index in [0.29, 0.717) is 16.7 Å². The van der Waals surface area contributed by atoms with Gasteiger partial charge in [-0.05, 0) is 59.6 Å². The fourth-order valence-electron chi connectivity index (χ4n) is 5.34. The van der Waals surface area contributed by atoms with Crippen LogP contribution in [0.1, 0.15) is 57.5 Å². The molecule has 1 aliphatic heterocycles. The maximum Gasteiger partial charge on any atom is 0.178 e. The maximum absolute atomic E-state index is 14.4. The number of aryl methyl sites for hydroxylation is 1. The van der Waals surface area contributed by atoms with Crippen molar-refractivity contribution in [2.45, 2.75) is 70.8 Å². The van der Waals surface area contributed by atoms with E-state index >= 15 is 0 Å². The molecule has 0 bridgehead atoms. The molecule has 5 rings (SSSR count). The summed E-state index contributed by atoms with van der Waals surface area (Å²) in [6, 6.07) is 5.60. The third-order valence-corrected chi connectivity index (χ3v) is 7.52. The number of anilines is 2. The van der Waals surface area contributed by atoms with E-state index in [-0.39, 0.29) is 16.7 Å². The number of aliphatic hydroxyl groups is 1. The van der Waals surface area contributed by atoms with Gasteiger partial charge in [-0.2, -0.15) is 0 Å². The molecule has 5 heterocycles. The number of aromatic nitrogens is 4. The molecule has 186 valence electrons. The van der Waals surface area contributed by atoms with Crippen molar-refractivity contribution in [2.75, 3.05) is 17.3 Å². The van der Waals surface area contributed by atoms with Crippen molar-refractivity contribution in [3.63, 3.8) is 0 Å². The second-order valence-electron chi connectivity index (χ2n) is 10.8. The molecule has 0 aliphatic carbocycles. The first-order chi connectivity index (χ1) is 16.4. The van der Waals surface area contributed by atoms with Gasteiger partial charge in [0.05, 0.1) is 11.4 Å². The number of hydrogen-bond acceptors (Lipinski definition) is 8. The summed E-state index contributed by atoms with van der Waals surface area (Å²) >= 11 is 1.33. The number of imidazole rings is 1. The highest BCUT2D eigenvalue weighted by Gasteiger charge is 2.39. The van der Waals surface area contributed by atoms with E-state index in [9.17, 15) is 9.50 Å². The minimum absolute atomic E-state index is 0.0378. The van der Waals surface area contributed by atoms with Crippen molar-refractivity contribution < 1.29 is 9.50 Å². The zero-order valence-electron chi connectivity index (χ0n) is 20.9. The van der Waals surface area contributed by atoms with Gasteiger partial charge in [0.25, 0.3) is 0 Å². The average molecular weight is 498 g/mol. The van der Waals surface area contributed by atoms with Crippen molar-refractivity contribution in [1.82, 2.24) is 24.7 Å². The Balaban J connectivity index is 1.36. The van der Waals surface area contributed by atoms with E-state index in [1.165, 1.54) is 17.4 Å². The Morgan fingerprint density at radius 3 is 2.60 bits per heavy atom. The summed E-state index contributed by atoms with van der Waals surface area (Å²) in [5.74, 6) is 0.426. The standard InChI is InChI=1S/C25H32FN7OS/c1-14-12-33-13-15(9-17(26)20(33)27-14)28-21(34)23-29-18-7-8-19(30-22(18)35-23)32(6)16-10-24(2,3)31-25(4,5)11-16/h7-9,12-13,16,21,28,31,34H,10-11H2,1-6H3. The molecule has 4 aromatic rings. The van der Waals surface area contributed by atoms with E-state index in [1.54, 1.807) is 23.7 Å². The Morgan fingerprint density at radius 2 is 1.89 bits per heavy atom. The van der Waals surface area contributed by atoms with Gasteiger partial charge in [-0.25, -0.2) is 19.3 Å². The summed E-state index contributed by atoms with van der Waals surface area (Å²) in [5, 5.41) is 17.9. The number of piperidine rings is 1. The lowest BCUT2D eigenvalue weighted by Crippen LogP contribution is -2.62. The van der Waals surface area contributed by atoms with Crippen LogP contribution in [0.4, 0.5) is 15.9 Å². The predicted molar refractivity (Wildman–Crippen MR) is 139 cm³/mol. The molecule has 0 amide bonds. The number of halogens is 1. The molecule has 35 heavy (non-hydrogen) atoms. The number of fused-ring (bicyclic) bond motifs is 2. The SMILES string of the molecule is Cc1cn2cc(NC(O)c3nc4ccc(N(C)C5CC(C)(C)NC(C)(C)C5)nc4s3)cc(F)c2n1. The third kappa shape index (κ3) is 4.82. The van der Waals surface area contributed by atoms with E-state index in [0.717, 1.165) is 34.7 Å². The molecular weight excluding hydrogens is 465 g/mol. The van der Waals surface area contributed by atoms with Crippen molar-refractivity contribution >= 4 is 38.8 Å². The van der Waals surface area contributed by atoms with Gasteiger partial charge in [0.1, 0.15) is 21.2 Å². The molecule has 0 radical (unpaired) electrons. The second-order valence-corrected chi connectivity index (χ2v) is 11.9. The Kier molecular flexibility index (Phi) is 5.73. The van der Waals surface area contributed by atoms with Gasteiger partial charge in [0.15, 0.2) is 17.7 Å². The van der Waals surface area contributed by atoms with E-state index in [4.69, 9.17) is 4.98 Å². The van der Waals surface area contributed by atoms with Crippen LogP contribution < -0.4 is 15.5 Å². The van der Waals surface area contributed by atoms with Crippen LogP contribution in [-0.4, -0.2) is 48.6 Å². The molecule has 3 N–H and O–H groups in total. The van der Waals surface area contributed by atoms with Crippen LogP contribution in [-0.2, 0) is 0 Å². The highest BCUT2D eigenvalue weighted by molar-refractivity contribution is 7.18. The quantitative estimate of drug-likeness (QED) is 0.346. The number of aliphatic hydroxyl groups excluding tert-OH is 1. The molecule has 0 saturated carbocycles. The fraction of sp³-hybridized carbons (Fsp3) is 0.480. The van der Waals surface area contributed by atoms with E-state index in [2.05, 4.69) is 60.2 Å². The number of hydrogen-bond donors (Lipinski definition) is 3. The van der Waals surface area contributed by atoms with Crippen molar-refractivity contribution in [1.29, 1.82) is 0 Å². The average Bonchev–Trinajstić information content (AvgIpc) is 3.33. The van der Waals surface area contributed by atoms with Gasteiger partial charge in [0, 0.05) is 42.6 Å². The smallest absolute Gasteiger partial charge is 0.178 e. The number of pyridine rings is 2. The third-order valence-electron chi connectivity index (χ3n) is 6.50. The molecule has 0 spiro atoms. The van der Waals surface area contributed by atoms with Crippen LogP contribution >= 0.6 is 11.3 Å². The lowest BCUT2D eigenvalue weighted by molar-refractivity contribution is 0.160. The van der Waals surface area contributed by atoms with E-state index in [1.807, 2.05) is 12.1 Å². The number of thiazole rings is 1. The molecule has 1 aliphatic rings. The van der Waals surface area contributed by atoms with Crippen LogP contribution in [0.3, 0.4) is 0 Å². The Labute approximate surface area is 208 Å². The second kappa shape index (κ2) is 8.39. The Bertz CT molecular complexity index is 1380.